The fourth-order valence-corrected chi connectivity index (χ4v) is 2.24. The van der Waals surface area contributed by atoms with E-state index in [1.807, 2.05) is 24.3 Å². The van der Waals surface area contributed by atoms with Crippen LogP contribution in [0.4, 0.5) is 13.2 Å². The Labute approximate surface area is 103 Å². The topological polar surface area (TPSA) is 29.1 Å². The minimum atomic E-state index is -4.26. The van der Waals surface area contributed by atoms with Crippen LogP contribution in [0, 0.1) is 0 Å². The van der Waals surface area contributed by atoms with E-state index in [-0.39, 0.29) is 18.2 Å². The lowest BCUT2D eigenvalue weighted by atomic mass is 9.75. The van der Waals surface area contributed by atoms with Crippen LogP contribution in [0.5, 0.6) is 0 Å². The first-order valence-corrected chi connectivity index (χ1v) is 5.82. The first-order chi connectivity index (χ1) is 8.46. The molecule has 5 heteroatoms. The predicted octanol–water partition coefficient (Wildman–Crippen LogP) is 2.44. The van der Waals surface area contributed by atoms with Crippen LogP contribution in [0.2, 0.25) is 0 Å². The molecule has 0 amide bonds. The van der Waals surface area contributed by atoms with Gasteiger partial charge in [-0.05, 0) is 23.5 Å². The maximum atomic E-state index is 11.9. The molecule has 0 bridgehead atoms. The number of benzene rings is 1. The molecule has 1 atom stereocenters. The summed E-state index contributed by atoms with van der Waals surface area (Å²) >= 11 is 0. The van der Waals surface area contributed by atoms with Gasteiger partial charge in [0.2, 0.25) is 0 Å². The van der Waals surface area contributed by atoms with Gasteiger partial charge in [0.15, 0.2) is 0 Å². The van der Waals surface area contributed by atoms with E-state index in [9.17, 15) is 18.0 Å². The van der Waals surface area contributed by atoms with Gasteiger partial charge in [0, 0.05) is 6.42 Å². The number of ketones is 1. The van der Waals surface area contributed by atoms with Crippen molar-refractivity contribution in [2.45, 2.75) is 24.9 Å². The zero-order valence-electron chi connectivity index (χ0n) is 9.76. The van der Waals surface area contributed by atoms with Gasteiger partial charge in [-0.3, -0.25) is 4.79 Å². The van der Waals surface area contributed by atoms with Gasteiger partial charge < -0.3 is 5.32 Å². The molecule has 0 saturated carbocycles. The molecule has 2 rings (SSSR count). The van der Waals surface area contributed by atoms with E-state index in [4.69, 9.17) is 0 Å². The Morgan fingerprint density at radius 1 is 1.33 bits per heavy atom. The van der Waals surface area contributed by atoms with Gasteiger partial charge in [0.25, 0.3) is 0 Å². The summed E-state index contributed by atoms with van der Waals surface area (Å²) in [7, 11) is 0. The number of alkyl halides is 3. The summed E-state index contributed by atoms with van der Waals surface area (Å²) in [5.74, 6) is 0.0140. The van der Waals surface area contributed by atoms with Crippen LogP contribution in [0.3, 0.4) is 0 Å². The van der Waals surface area contributed by atoms with Gasteiger partial charge in [-0.1, -0.05) is 24.3 Å². The Kier molecular flexibility index (Phi) is 3.71. The van der Waals surface area contributed by atoms with Gasteiger partial charge in [-0.2, -0.15) is 13.2 Å². The van der Waals surface area contributed by atoms with Crippen molar-refractivity contribution in [2.24, 2.45) is 0 Å². The van der Waals surface area contributed by atoms with E-state index in [2.05, 4.69) is 5.32 Å². The number of hydrogen-bond donors (Lipinski definition) is 1. The van der Waals surface area contributed by atoms with E-state index in [1.165, 1.54) is 5.56 Å². The summed E-state index contributed by atoms with van der Waals surface area (Å²) in [5.41, 5.74) is 2.39. The molecule has 0 heterocycles. The van der Waals surface area contributed by atoms with E-state index in [0.29, 0.717) is 6.42 Å². The fraction of sp³-hybridized carbons (Fsp3) is 0.462. The molecule has 1 aliphatic rings. The molecule has 1 aliphatic carbocycles. The molecule has 1 N–H and O–H groups in total. The highest BCUT2D eigenvalue weighted by Gasteiger charge is 2.29. The predicted molar refractivity (Wildman–Crippen MR) is 61.4 cm³/mol. The average molecular weight is 257 g/mol. The van der Waals surface area contributed by atoms with Gasteiger partial charge in [0.05, 0.1) is 13.1 Å². The second-order valence-corrected chi connectivity index (χ2v) is 4.56. The van der Waals surface area contributed by atoms with E-state index in [1.54, 1.807) is 0 Å². The molecule has 0 fully saturated rings. The second kappa shape index (κ2) is 5.10. The lowest BCUT2D eigenvalue weighted by Crippen LogP contribution is -2.34. The highest BCUT2D eigenvalue weighted by atomic mass is 19.4. The molecule has 98 valence electrons. The number of fused-ring (bicyclic) bond motifs is 1. The smallest absolute Gasteiger partial charge is 0.302 e. The molecular weight excluding hydrogens is 243 g/mol. The summed E-state index contributed by atoms with van der Waals surface area (Å²) in [5, 5.41) is 2.13. The van der Waals surface area contributed by atoms with Crippen LogP contribution in [-0.2, 0) is 11.2 Å². The SMILES string of the molecule is O=C(CNCC(F)(F)F)CC1Cc2ccccc21. The van der Waals surface area contributed by atoms with Crippen LogP contribution in [-0.4, -0.2) is 25.0 Å². The third-order valence-electron chi connectivity index (χ3n) is 3.08. The molecule has 1 unspecified atom stereocenters. The molecule has 0 radical (unpaired) electrons. The zero-order valence-corrected chi connectivity index (χ0v) is 9.76. The van der Waals surface area contributed by atoms with E-state index >= 15 is 0 Å². The van der Waals surface area contributed by atoms with E-state index < -0.39 is 12.7 Å². The highest BCUT2D eigenvalue weighted by Crippen LogP contribution is 2.37. The molecule has 0 aliphatic heterocycles. The molecule has 18 heavy (non-hydrogen) atoms. The molecule has 0 saturated heterocycles. The fourth-order valence-electron chi connectivity index (χ4n) is 2.24. The first kappa shape index (κ1) is 13.1. The van der Waals surface area contributed by atoms with Crippen LogP contribution in [0.15, 0.2) is 24.3 Å². The molecule has 2 nitrogen and oxygen atoms in total. The summed E-state index contributed by atoms with van der Waals surface area (Å²) in [6.07, 6.45) is -3.09. The molecule has 0 spiro atoms. The minimum absolute atomic E-state index is 0.168. The number of nitrogens with one attached hydrogen (secondary N) is 1. The normalized spacial score (nSPS) is 18.1. The van der Waals surface area contributed by atoms with Crippen molar-refractivity contribution in [3.8, 4) is 0 Å². The monoisotopic (exact) mass is 257 g/mol. The van der Waals surface area contributed by atoms with Crippen molar-refractivity contribution < 1.29 is 18.0 Å². The number of rotatable bonds is 5. The summed E-state index contributed by atoms with van der Waals surface area (Å²) in [6.45, 7) is -1.32. The zero-order chi connectivity index (χ0) is 13.2. The lowest BCUT2D eigenvalue weighted by Gasteiger charge is -2.29. The Morgan fingerprint density at radius 2 is 2.06 bits per heavy atom. The van der Waals surface area contributed by atoms with Gasteiger partial charge >= 0.3 is 6.18 Å². The largest absolute Gasteiger partial charge is 0.401 e. The summed E-state index contributed by atoms with van der Waals surface area (Å²) in [6, 6.07) is 7.84. The van der Waals surface area contributed by atoms with Crippen molar-refractivity contribution in [1.29, 1.82) is 0 Å². The number of hydrogen-bond acceptors (Lipinski definition) is 2. The third-order valence-corrected chi connectivity index (χ3v) is 3.08. The number of halogens is 3. The van der Waals surface area contributed by atoms with Gasteiger partial charge in [0.1, 0.15) is 5.78 Å². The molecule has 1 aromatic carbocycles. The molecule has 0 aromatic heterocycles. The first-order valence-electron chi connectivity index (χ1n) is 5.82. The van der Waals surface area contributed by atoms with Crippen molar-refractivity contribution in [1.82, 2.24) is 5.32 Å². The lowest BCUT2D eigenvalue weighted by molar-refractivity contribution is -0.127. The Bertz CT molecular complexity index is 442. The van der Waals surface area contributed by atoms with Gasteiger partial charge in [-0.25, -0.2) is 0 Å². The summed E-state index contributed by atoms with van der Waals surface area (Å²) < 4.78 is 35.6. The Morgan fingerprint density at radius 3 is 2.72 bits per heavy atom. The molecule has 1 aromatic rings. The van der Waals surface area contributed by atoms with Crippen molar-refractivity contribution in [2.75, 3.05) is 13.1 Å². The second-order valence-electron chi connectivity index (χ2n) is 4.56. The number of carbonyl (C=O) groups excluding carboxylic acids is 1. The quantitative estimate of drug-likeness (QED) is 0.877. The number of carbonyl (C=O) groups is 1. The maximum Gasteiger partial charge on any atom is 0.401 e. The summed E-state index contributed by atoms with van der Waals surface area (Å²) in [4.78, 5) is 11.5. The standard InChI is InChI=1S/C13H14F3NO/c14-13(15,16)8-17-7-11(18)6-10-5-9-3-1-2-4-12(9)10/h1-4,10,17H,5-8H2. The number of Topliss-reactive ketones (excluding diaryl/α,β-unsaturated/α-hetero) is 1. The van der Waals surface area contributed by atoms with Crippen molar-refractivity contribution in [3.05, 3.63) is 35.4 Å². The third kappa shape index (κ3) is 3.32. The van der Waals surface area contributed by atoms with E-state index in [0.717, 1.165) is 12.0 Å². The minimum Gasteiger partial charge on any atom is -0.302 e. The Hall–Kier alpha value is -1.36. The average Bonchev–Trinajstić information content (AvgIpc) is 2.24. The van der Waals surface area contributed by atoms with Crippen LogP contribution >= 0.6 is 0 Å². The van der Waals surface area contributed by atoms with Crippen molar-refractivity contribution in [3.63, 3.8) is 0 Å². The highest BCUT2D eigenvalue weighted by molar-refractivity contribution is 5.81. The van der Waals surface area contributed by atoms with Gasteiger partial charge in [-0.15, -0.1) is 0 Å². The molecular formula is C13H14F3NO. The van der Waals surface area contributed by atoms with Crippen LogP contribution in [0.1, 0.15) is 23.5 Å². The van der Waals surface area contributed by atoms with Crippen molar-refractivity contribution >= 4 is 5.78 Å². The maximum absolute atomic E-state index is 11.9. The Balaban J connectivity index is 1.74. The van der Waals surface area contributed by atoms with Crippen LogP contribution in [0.25, 0.3) is 0 Å². The van der Waals surface area contributed by atoms with Crippen LogP contribution < -0.4 is 5.32 Å².